The summed E-state index contributed by atoms with van der Waals surface area (Å²) < 4.78 is 5.46. The third-order valence-corrected chi connectivity index (χ3v) is 3.11. The van der Waals surface area contributed by atoms with Crippen molar-refractivity contribution in [1.82, 2.24) is 0 Å². The van der Waals surface area contributed by atoms with E-state index in [0.717, 1.165) is 5.58 Å². The average Bonchev–Trinajstić information content (AvgIpc) is 2.46. The van der Waals surface area contributed by atoms with E-state index in [-0.39, 0.29) is 0 Å². The molecule has 0 atom stereocenters. The van der Waals surface area contributed by atoms with Crippen LogP contribution in [0.2, 0.25) is 0 Å². The summed E-state index contributed by atoms with van der Waals surface area (Å²) in [6, 6.07) is 6.42. The SMILES string of the molecule is Cc1coc2cc(SC(C)C)ccc12. The summed E-state index contributed by atoms with van der Waals surface area (Å²) in [5.41, 5.74) is 2.20. The molecule has 0 radical (unpaired) electrons. The number of furan rings is 1. The van der Waals surface area contributed by atoms with Crippen molar-refractivity contribution < 1.29 is 4.42 Å². The number of thioether (sulfide) groups is 1. The molecule has 1 aromatic heterocycles. The van der Waals surface area contributed by atoms with Gasteiger partial charge in [-0.25, -0.2) is 0 Å². The van der Waals surface area contributed by atoms with Gasteiger partial charge in [0.05, 0.1) is 6.26 Å². The number of hydrogen-bond donors (Lipinski definition) is 0. The summed E-state index contributed by atoms with van der Waals surface area (Å²) >= 11 is 1.86. The lowest BCUT2D eigenvalue weighted by molar-refractivity contribution is 0.612. The van der Waals surface area contributed by atoms with Crippen LogP contribution in [0.5, 0.6) is 0 Å². The van der Waals surface area contributed by atoms with Crippen molar-refractivity contribution in [2.75, 3.05) is 0 Å². The highest BCUT2D eigenvalue weighted by atomic mass is 32.2. The molecule has 0 aliphatic heterocycles. The molecule has 2 heteroatoms. The fraction of sp³-hybridized carbons (Fsp3) is 0.333. The van der Waals surface area contributed by atoms with Crippen LogP contribution in [-0.2, 0) is 0 Å². The molecule has 0 bridgehead atoms. The van der Waals surface area contributed by atoms with Gasteiger partial charge < -0.3 is 4.42 Å². The van der Waals surface area contributed by atoms with E-state index in [9.17, 15) is 0 Å². The Hall–Kier alpha value is -0.890. The second-order valence-electron chi connectivity index (χ2n) is 3.74. The van der Waals surface area contributed by atoms with Crippen molar-refractivity contribution in [3.63, 3.8) is 0 Å². The summed E-state index contributed by atoms with van der Waals surface area (Å²) in [5.74, 6) is 0. The van der Waals surface area contributed by atoms with Gasteiger partial charge in [-0.15, -0.1) is 11.8 Å². The molecule has 0 saturated heterocycles. The Labute approximate surface area is 88.5 Å². The maximum atomic E-state index is 5.46. The largest absolute Gasteiger partial charge is 0.464 e. The van der Waals surface area contributed by atoms with E-state index in [2.05, 4.69) is 39.0 Å². The van der Waals surface area contributed by atoms with Crippen LogP contribution in [0.1, 0.15) is 19.4 Å². The molecule has 0 saturated carbocycles. The lowest BCUT2D eigenvalue weighted by atomic mass is 10.2. The van der Waals surface area contributed by atoms with Crippen LogP contribution in [-0.4, -0.2) is 5.25 Å². The van der Waals surface area contributed by atoms with Gasteiger partial charge in [0.15, 0.2) is 0 Å². The second kappa shape index (κ2) is 3.70. The first-order valence-electron chi connectivity index (χ1n) is 4.81. The van der Waals surface area contributed by atoms with Crippen molar-refractivity contribution in [2.45, 2.75) is 30.9 Å². The molecule has 1 heterocycles. The zero-order chi connectivity index (χ0) is 10.1. The predicted octanol–water partition coefficient (Wildman–Crippen LogP) is 4.24. The van der Waals surface area contributed by atoms with Gasteiger partial charge in [-0.3, -0.25) is 0 Å². The predicted molar refractivity (Wildman–Crippen MR) is 61.9 cm³/mol. The molecule has 0 unspecified atom stereocenters. The highest BCUT2D eigenvalue weighted by Crippen LogP contribution is 2.28. The molecule has 14 heavy (non-hydrogen) atoms. The summed E-state index contributed by atoms with van der Waals surface area (Å²) in [6.07, 6.45) is 1.81. The van der Waals surface area contributed by atoms with Crippen molar-refractivity contribution in [3.8, 4) is 0 Å². The van der Waals surface area contributed by atoms with Gasteiger partial charge in [-0.1, -0.05) is 13.8 Å². The van der Waals surface area contributed by atoms with Crippen molar-refractivity contribution in [2.24, 2.45) is 0 Å². The Bertz CT molecular complexity index is 443. The van der Waals surface area contributed by atoms with Crippen molar-refractivity contribution in [3.05, 3.63) is 30.0 Å². The van der Waals surface area contributed by atoms with E-state index in [1.54, 1.807) is 0 Å². The molecule has 0 spiro atoms. The highest BCUT2D eigenvalue weighted by molar-refractivity contribution is 7.99. The van der Waals surface area contributed by atoms with Gasteiger partial charge in [0, 0.05) is 15.5 Å². The summed E-state index contributed by atoms with van der Waals surface area (Å²) in [6.45, 7) is 6.46. The summed E-state index contributed by atoms with van der Waals surface area (Å²) in [5, 5.41) is 1.83. The molecule has 2 aromatic rings. The Kier molecular flexibility index (Phi) is 2.55. The molecular weight excluding hydrogens is 192 g/mol. The van der Waals surface area contributed by atoms with Crippen LogP contribution in [0, 0.1) is 6.92 Å². The Morgan fingerprint density at radius 1 is 1.29 bits per heavy atom. The third-order valence-electron chi connectivity index (χ3n) is 2.11. The molecule has 2 rings (SSSR count). The molecule has 1 aromatic carbocycles. The average molecular weight is 206 g/mol. The zero-order valence-electron chi connectivity index (χ0n) is 8.70. The maximum Gasteiger partial charge on any atom is 0.135 e. The van der Waals surface area contributed by atoms with E-state index >= 15 is 0 Å². The number of hydrogen-bond acceptors (Lipinski definition) is 2. The summed E-state index contributed by atoms with van der Waals surface area (Å²) in [7, 11) is 0. The van der Waals surface area contributed by atoms with E-state index in [1.807, 2.05) is 18.0 Å². The third kappa shape index (κ3) is 1.80. The smallest absolute Gasteiger partial charge is 0.135 e. The lowest BCUT2D eigenvalue weighted by Crippen LogP contribution is -1.84. The Balaban J connectivity index is 2.42. The van der Waals surface area contributed by atoms with Gasteiger partial charge in [-0.05, 0) is 30.7 Å². The monoisotopic (exact) mass is 206 g/mol. The van der Waals surface area contributed by atoms with E-state index < -0.39 is 0 Å². The molecule has 1 nitrogen and oxygen atoms in total. The topological polar surface area (TPSA) is 13.1 Å². The molecule has 74 valence electrons. The highest BCUT2D eigenvalue weighted by Gasteiger charge is 2.04. The molecular formula is C12H14OS. The zero-order valence-corrected chi connectivity index (χ0v) is 9.52. The normalized spacial score (nSPS) is 11.4. The maximum absolute atomic E-state index is 5.46. The molecule has 0 fully saturated rings. The van der Waals surface area contributed by atoms with Gasteiger partial charge >= 0.3 is 0 Å². The van der Waals surface area contributed by atoms with Gasteiger partial charge in [0.2, 0.25) is 0 Å². The number of fused-ring (bicyclic) bond motifs is 1. The fourth-order valence-electron chi connectivity index (χ4n) is 1.49. The van der Waals surface area contributed by atoms with Crippen molar-refractivity contribution in [1.29, 1.82) is 0 Å². The molecule has 0 N–H and O–H groups in total. The van der Waals surface area contributed by atoms with Crippen LogP contribution in [0.4, 0.5) is 0 Å². The Morgan fingerprint density at radius 2 is 2.07 bits per heavy atom. The first-order valence-corrected chi connectivity index (χ1v) is 5.69. The van der Waals surface area contributed by atoms with Crippen LogP contribution in [0.15, 0.2) is 33.8 Å². The van der Waals surface area contributed by atoms with Crippen LogP contribution < -0.4 is 0 Å². The number of rotatable bonds is 2. The molecule has 0 aliphatic carbocycles. The second-order valence-corrected chi connectivity index (χ2v) is 5.39. The van der Waals surface area contributed by atoms with Crippen LogP contribution in [0.25, 0.3) is 11.0 Å². The number of benzene rings is 1. The van der Waals surface area contributed by atoms with Gasteiger partial charge in [0.25, 0.3) is 0 Å². The first kappa shape index (κ1) is 9.66. The van der Waals surface area contributed by atoms with E-state index in [4.69, 9.17) is 4.42 Å². The summed E-state index contributed by atoms with van der Waals surface area (Å²) in [4.78, 5) is 1.28. The van der Waals surface area contributed by atoms with Crippen LogP contribution >= 0.6 is 11.8 Å². The molecule has 0 amide bonds. The lowest BCUT2D eigenvalue weighted by Gasteiger charge is -2.03. The standard InChI is InChI=1S/C12H14OS/c1-8(2)14-10-4-5-11-9(3)7-13-12(11)6-10/h4-8H,1-3H3. The minimum Gasteiger partial charge on any atom is -0.464 e. The minimum atomic E-state index is 0.614. The minimum absolute atomic E-state index is 0.614. The first-order chi connectivity index (χ1) is 6.66. The van der Waals surface area contributed by atoms with Crippen LogP contribution in [0.3, 0.4) is 0 Å². The quantitative estimate of drug-likeness (QED) is 0.682. The van der Waals surface area contributed by atoms with E-state index in [0.29, 0.717) is 5.25 Å². The van der Waals surface area contributed by atoms with Gasteiger partial charge in [-0.2, -0.15) is 0 Å². The van der Waals surface area contributed by atoms with E-state index in [1.165, 1.54) is 15.8 Å². The Morgan fingerprint density at radius 3 is 2.79 bits per heavy atom. The van der Waals surface area contributed by atoms with Gasteiger partial charge in [0.1, 0.15) is 5.58 Å². The van der Waals surface area contributed by atoms with Crippen molar-refractivity contribution >= 4 is 22.7 Å². The number of aryl methyl sites for hydroxylation is 1. The molecule has 0 aliphatic rings. The fourth-order valence-corrected chi connectivity index (χ4v) is 2.35.